The molecule has 0 aliphatic carbocycles. The van der Waals surface area contributed by atoms with E-state index in [4.69, 9.17) is 0 Å². The van der Waals surface area contributed by atoms with Gasteiger partial charge >= 0.3 is 0 Å². The van der Waals surface area contributed by atoms with Gasteiger partial charge in [-0.15, -0.1) is 11.3 Å². The van der Waals surface area contributed by atoms with Crippen LogP contribution in [0.1, 0.15) is 11.8 Å². The fourth-order valence-corrected chi connectivity index (χ4v) is 0.962. The molecule has 0 atom stereocenters. The Labute approximate surface area is 47.0 Å². The first-order chi connectivity index (χ1) is 3.43. The highest BCUT2D eigenvalue weighted by Gasteiger charge is 1.84. The first-order valence-corrected chi connectivity index (χ1v) is 3.19. The minimum Gasteiger partial charge on any atom is -0.253 e. The van der Waals surface area contributed by atoms with Crippen LogP contribution in [0.25, 0.3) is 0 Å². The quantitative estimate of drug-likeness (QED) is 0.540. The monoisotopic (exact) mass is 113 g/mol. The second-order valence-electron chi connectivity index (χ2n) is 1.32. The van der Waals surface area contributed by atoms with Crippen molar-refractivity contribution in [3.05, 3.63) is 16.6 Å². The predicted octanol–water partition coefficient (Wildman–Crippen LogP) is 1.71. The highest BCUT2D eigenvalue weighted by molar-refractivity contribution is 7.09. The summed E-state index contributed by atoms with van der Waals surface area (Å²) in [5.41, 5.74) is 1.86. The molecule has 0 aromatic carbocycles. The van der Waals surface area contributed by atoms with E-state index in [0.29, 0.717) is 0 Å². The van der Waals surface area contributed by atoms with Crippen LogP contribution in [0.2, 0.25) is 0 Å². The van der Waals surface area contributed by atoms with Crippen LogP contribution >= 0.6 is 11.3 Å². The number of hydrogen-bond acceptors (Lipinski definition) is 2. The van der Waals surface area contributed by atoms with E-state index in [9.17, 15) is 0 Å². The first kappa shape index (κ1) is 4.78. The minimum absolute atomic E-state index is 1.12. The van der Waals surface area contributed by atoms with Gasteiger partial charge in [-0.05, 0) is 6.42 Å². The van der Waals surface area contributed by atoms with Gasteiger partial charge in [0.2, 0.25) is 0 Å². The molecule has 0 aliphatic heterocycles. The van der Waals surface area contributed by atoms with E-state index in [0.717, 1.165) is 6.42 Å². The van der Waals surface area contributed by atoms with Crippen LogP contribution in [0, 0.1) is 0 Å². The third-order valence-corrected chi connectivity index (χ3v) is 1.76. The van der Waals surface area contributed by atoms with Crippen LogP contribution in [0.15, 0.2) is 11.7 Å². The van der Waals surface area contributed by atoms with Crippen molar-refractivity contribution >= 4 is 11.3 Å². The maximum absolute atomic E-state index is 3.91. The zero-order chi connectivity index (χ0) is 5.11. The van der Waals surface area contributed by atoms with Crippen molar-refractivity contribution in [3.8, 4) is 0 Å². The summed E-state index contributed by atoms with van der Waals surface area (Å²) in [5.74, 6) is 0. The normalized spacial score (nSPS) is 9.29. The summed E-state index contributed by atoms with van der Waals surface area (Å²) in [4.78, 5) is 5.27. The van der Waals surface area contributed by atoms with E-state index >= 15 is 0 Å². The maximum atomic E-state index is 3.91. The summed E-state index contributed by atoms with van der Waals surface area (Å²) in [6.45, 7) is 2.13. The van der Waals surface area contributed by atoms with Gasteiger partial charge in [-0.25, -0.2) is 0 Å². The molecular formula is C5H7NS. The summed E-state index contributed by atoms with van der Waals surface area (Å²) in [7, 11) is 0. The molecule has 0 N–H and O–H groups in total. The average molecular weight is 113 g/mol. The fraction of sp³-hybridized carbons (Fsp3) is 0.400. The van der Waals surface area contributed by atoms with Gasteiger partial charge in [-0.1, -0.05) is 6.92 Å². The van der Waals surface area contributed by atoms with Crippen molar-refractivity contribution in [2.75, 3.05) is 0 Å². The van der Waals surface area contributed by atoms with Crippen molar-refractivity contribution in [1.82, 2.24) is 4.98 Å². The predicted molar refractivity (Wildman–Crippen MR) is 31.5 cm³/mol. The van der Waals surface area contributed by atoms with Gasteiger partial charge in [0.05, 0.1) is 5.51 Å². The Hall–Kier alpha value is -0.370. The van der Waals surface area contributed by atoms with Gasteiger partial charge in [-0.3, -0.25) is 4.98 Å². The molecule has 0 saturated heterocycles. The van der Waals surface area contributed by atoms with Crippen molar-refractivity contribution < 1.29 is 0 Å². The molecule has 1 aromatic rings. The Bertz CT molecular complexity index is 123. The first-order valence-electron chi connectivity index (χ1n) is 2.31. The Balaban J connectivity index is 2.76. The molecule has 0 unspecified atom stereocenters. The average Bonchev–Trinajstić information content (AvgIpc) is 2.14. The van der Waals surface area contributed by atoms with Gasteiger partial charge in [-0.2, -0.15) is 0 Å². The fourth-order valence-electron chi connectivity index (χ4n) is 0.417. The molecule has 38 valence electrons. The molecule has 0 spiro atoms. The third kappa shape index (κ3) is 0.996. The Morgan fingerprint density at radius 1 is 1.86 bits per heavy atom. The third-order valence-electron chi connectivity index (χ3n) is 0.832. The molecule has 2 heteroatoms. The van der Waals surface area contributed by atoms with E-state index in [-0.39, 0.29) is 0 Å². The second kappa shape index (κ2) is 2.07. The summed E-state index contributed by atoms with van der Waals surface area (Å²) >= 11 is 1.71. The molecule has 1 heterocycles. The van der Waals surface area contributed by atoms with E-state index in [1.165, 1.54) is 4.88 Å². The molecule has 0 radical (unpaired) electrons. The molecular weight excluding hydrogens is 106 g/mol. The zero-order valence-corrected chi connectivity index (χ0v) is 5.03. The molecule has 0 bridgehead atoms. The van der Waals surface area contributed by atoms with E-state index in [2.05, 4.69) is 11.9 Å². The van der Waals surface area contributed by atoms with Gasteiger partial charge in [0, 0.05) is 11.1 Å². The lowest BCUT2D eigenvalue weighted by molar-refractivity contribution is 1.17. The van der Waals surface area contributed by atoms with Crippen LogP contribution < -0.4 is 0 Å². The highest BCUT2D eigenvalue weighted by Crippen LogP contribution is 2.03. The number of rotatable bonds is 1. The lowest BCUT2D eigenvalue weighted by atomic mass is 10.4. The second-order valence-corrected chi connectivity index (χ2v) is 2.29. The molecule has 1 aromatic heterocycles. The van der Waals surface area contributed by atoms with Crippen LogP contribution in [0.5, 0.6) is 0 Å². The molecule has 0 amide bonds. The highest BCUT2D eigenvalue weighted by atomic mass is 32.1. The number of aromatic nitrogens is 1. The maximum Gasteiger partial charge on any atom is 0.0794 e. The number of aryl methyl sites for hydroxylation is 1. The topological polar surface area (TPSA) is 12.9 Å². The van der Waals surface area contributed by atoms with Crippen molar-refractivity contribution in [3.63, 3.8) is 0 Å². The van der Waals surface area contributed by atoms with Crippen molar-refractivity contribution in [1.29, 1.82) is 0 Å². The summed E-state index contributed by atoms with van der Waals surface area (Å²) in [6, 6.07) is 0. The molecule has 0 saturated carbocycles. The smallest absolute Gasteiger partial charge is 0.0794 e. The van der Waals surface area contributed by atoms with Crippen LogP contribution in [-0.2, 0) is 6.42 Å². The Kier molecular flexibility index (Phi) is 1.42. The number of nitrogens with zero attached hydrogens (tertiary/aromatic N) is 1. The van der Waals surface area contributed by atoms with Crippen LogP contribution in [0.3, 0.4) is 0 Å². The largest absolute Gasteiger partial charge is 0.253 e. The van der Waals surface area contributed by atoms with Crippen molar-refractivity contribution in [2.45, 2.75) is 13.3 Å². The minimum atomic E-state index is 1.12. The molecule has 1 nitrogen and oxygen atoms in total. The summed E-state index contributed by atoms with van der Waals surface area (Å²) in [6.07, 6.45) is 3.02. The summed E-state index contributed by atoms with van der Waals surface area (Å²) < 4.78 is 0. The van der Waals surface area contributed by atoms with Crippen LogP contribution in [-0.4, -0.2) is 4.98 Å². The van der Waals surface area contributed by atoms with Gasteiger partial charge in [0.15, 0.2) is 0 Å². The van der Waals surface area contributed by atoms with Gasteiger partial charge in [0.1, 0.15) is 0 Å². The zero-order valence-electron chi connectivity index (χ0n) is 4.22. The van der Waals surface area contributed by atoms with E-state index < -0.39 is 0 Å². The Morgan fingerprint density at radius 2 is 2.71 bits per heavy atom. The summed E-state index contributed by atoms with van der Waals surface area (Å²) in [5, 5.41) is 0. The van der Waals surface area contributed by atoms with Gasteiger partial charge in [0.25, 0.3) is 0 Å². The number of hydrogen-bond donors (Lipinski definition) is 0. The number of thiazole rings is 1. The van der Waals surface area contributed by atoms with Crippen LogP contribution in [0.4, 0.5) is 0 Å². The van der Waals surface area contributed by atoms with Crippen molar-refractivity contribution in [2.24, 2.45) is 0 Å². The SMILES string of the molecule is CCc1cncs1. The lowest BCUT2D eigenvalue weighted by Gasteiger charge is -1.76. The Morgan fingerprint density at radius 3 is 3.00 bits per heavy atom. The lowest BCUT2D eigenvalue weighted by Crippen LogP contribution is -1.64. The molecule has 1 rings (SSSR count). The molecule has 0 aliphatic rings. The van der Waals surface area contributed by atoms with E-state index in [1.807, 2.05) is 11.7 Å². The molecule has 7 heavy (non-hydrogen) atoms. The van der Waals surface area contributed by atoms with E-state index in [1.54, 1.807) is 11.3 Å². The standard InChI is InChI=1S/C5H7NS/c1-2-5-3-6-4-7-5/h3-4H,2H2,1H3. The van der Waals surface area contributed by atoms with Gasteiger partial charge < -0.3 is 0 Å². The molecule has 0 fully saturated rings.